The summed E-state index contributed by atoms with van der Waals surface area (Å²) >= 11 is 0.858. The van der Waals surface area contributed by atoms with Crippen LogP contribution in [0.2, 0.25) is 0 Å². The molecule has 2 rings (SSSR count). The van der Waals surface area contributed by atoms with Gasteiger partial charge in [0.25, 0.3) is 0 Å². The van der Waals surface area contributed by atoms with E-state index in [1.54, 1.807) is 6.92 Å². The highest BCUT2D eigenvalue weighted by Crippen LogP contribution is 2.32. The first-order valence-corrected chi connectivity index (χ1v) is 6.63. The minimum Gasteiger partial charge on any atom is -0.461 e. The van der Waals surface area contributed by atoms with Gasteiger partial charge in [-0.25, -0.2) is 4.79 Å². The Kier molecular flexibility index (Phi) is 4.41. The normalized spacial score (nSPS) is 11.2. The maximum absolute atomic E-state index is 12.6. The third-order valence-electron chi connectivity index (χ3n) is 2.40. The van der Waals surface area contributed by atoms with Crippen molar-refractivity contribution in [3.8, 4) is 0 Å². The van der Waals surface area contributed by atoms with E-state index < -0.39 is 17.7 Å². The molecule has 0 aliphatic heterocycles. The first-order valence-electron chi connectivity index (χ1n) is 5.85. The molecule has 1 heterocycles. The van der Waals surface area contributed by atoms with Gasteiger partial charge in [-0.1, -0.05) is 10.6 Å². The van der Waals surface area contributed by atoms with E-state index in [0.717, 1.165) is 23.7 Å². The minimum atomic E-state index is -4.44. The van der Waals surface area contributed by atoms with E-state index in [2.05, 4.69) is 14.9 Å². The molecule has 112 valence electrons. The highest BCUT2D eigenvalue weighted by molar-refractivity contribution is 7.10. The van der Waals surface area contributed by atoms with Crippen LogP contribution < -0.4 is 5.32 Å². The highest BCUT2D eigenvalue weighted by Gasteiger charge is 2.30. The Morgan fingerprint density at radius 1 is 1.43 bits per heavy atom. The highest BCUT2D eigenvalue weighted by atomic mass is 32.1. The van der Waals surface area contributed by atoms with Crippen molar-refractivity contribution in [2.24, 2.45) is 0 Å². The van der Waals surface area contributed by atoms with E-state index in [4.69, 9.17) is 4.74 Å². The lowest BCUT2D eigenvalue weighted by Crippen LogP contribution is -2.08. The molecule has 0 spiro atoms. The summed E-state index contributed by atoms with van der Waals surface area (Å²) in [7, 11) is 0. The Balaban J connectivity index is 2.23. The number of benzene rings is 1. The zero-order valence-corrected chi connectivity index (χ0v) is 11.6. The second-order valence-electron chi connectivity index (χ2n) is 3.87. The molecule has 1 aromatic heterocycles. The van der Waals surface area contributed by atoms with Crippen LogP contribution >= 0.6 is 11.5 Å². The Morgan fingerprint density at radius 3 is 2.86 bits per heavy atom. The van der Waals surface area contributed by atoms with Gasteiger partial charge in [0.05, 0.1) is 12.2 Å². The zero-order chi connectivity index (χ0) is 15.5. The van der Waals surface area contributed by atoms with Gasteiger partial charge in [-0.15, -0.1) is 5.10 Å². The average Bonchev–Trinajstić information content (AvgIpc) is 2.86. The van der Waals surface area contributed by atoms with Crippen molar-refractivity contribution in [2.75, 3.05) is 11.9 Å². The first kappa shape index (κ1) is 15.2. The van der Waals surface area contributed by atoms with Gasteiger partial charge in [-0.3, -0.25) is 0 Å². The smallest absolute Gasteiger partial charge is 0.416 e. The molecule has 21 heavy (non-hydrogen) atoms. The number of rotatable bonds is 4. The van der Waals surface area contributed by atoms with Gasteiger partial charge in [-0.2, -0.15) is 13.2 Å². The predicted molar refractivity (Wildman–Crippen MR) is 70.6 cm³/mol. The van der Waals surface area contributed by atoms with Crippen molar-refractivity contribution < 1.29 is 22.7 Å². The van der Waals surface area contributed by atoms with E-state index in [9.17, 15) is 18.0 Å². The van der Waals surface area contributed by atoms with E-state index >= 15 is 0 Å². The van der Waals surface area contributed by atoms with Crippen molar-refractivity contribution in [3.05, 3.63) is 35.5 Å². The summed E-state index contributed by atoms with van der Waals surface area (Å²) in [5.41, 5.74) is -0.664. The van der Waals surface area contributed by atoms with Crippen LogP contribution in [0.3, 0.4) is 0 Å². The number of alkyl halides is 3. The topological polar surface area (TPSA) is 64.1 Å². The molecule has 9 heteroatoms. The summed E-state index contributed by atoms with van der Waals surface area (Å²) in [6.45, 7) is 1.80. The fourth-order valence-electron chi connectivity index (χ4n) is 1.51. The largest absolute Gasteiger partial charge is 0.461 e. The number of aromatic nitrogens is 2. The van der Waals surface area contributed by atoms with Gasteiger partial charge in [-0.05, 0) is 25.1 Å². The lowest BCUT2D eigenvalue weighted by atomic mass is 10.2. The van der Waals surface area contributed by atoms with Gasteiger partial charge in [0.2, 0.25) is 5.69 Å². The van der Waals surface area contributed by atoms with Crippen LogP contribution in [0, 0.1) is 0 Å². The molecule has 1 aromatic carbocycles. The number of hydrogen-bond acceptors (Lipinski definition) is 6. The van der Waals surface area contributed by atoms with Crippen LogP contribution in [0.25, 0.3) is 0 Å². The standard InChI is InChI=1S/C12H10F3N3O2S/c1-2-20-11(19)9-10(21-18-17-9)16-8-5-3-4-7(6-8)12(13,14)15/h3-6,16H,2H2,1H3. The summed E-state index contributed by atoms with van der Waals surface area (Å²) in [6, 6.07) is 4.62. The maximum Gasteiger partial charge on any atom is 0.416 e. The van der Waals surface area contributed by atoms with Crippen LogP contribution in [0.15, 0.2) is 24.3 Å². The molecule has 5 nitrogen and oxygen atoms in total. The molecule has 1 N–H and O–H groups in total. The van der Waals surface area contributed by atoms with E-state index in [-0.39, 0.29) is 23.0 Å². The summed E-state index contributed by atoms with van der Waals surface area (Å²) in [4.78, 5) is 11.6. The molecule has 2 aromatic rings. The van der Waals surface area contributed by atoms with Crippen molar-refractivity contribution in [3.63, 3.8) is 0 Å². The SMILES string of the molecule is CCOC(=O)c1nnsc1Nc1cccc(C(F)(F)F)c1. The summed E-state index contributed by atoms with van der Waals surface area (Å²) in [5, 5.41) is 6.54. The molecule has 0 atom stereocenters. The Hall–Kier alpha value is -2.16. The summed E-state index contributed by atoms with van der Waals surface area (Å²) in [6.07, 6.45) is -4.44. The number of carbonyl (C=O) groups excluding carboxylic acids is 1. The van der Waals surface area contributed by atoms with Crippen molar-refractivity contribution >= 4 is 28.2 Å². The second-order valence-corrected chi connectivity index (χ2v) is 4.63. The van der Waals surface area contributed by atoms with Crippen molar-refractivity contribution in [1.29, 1.82) is 0 Å². The number of halogens is 3. The molecule has 0 saturated carbocycles. The van der Waals surface area contributed by atoms with Gasteiger partial charge in [0, 0.05) is 17.2 Å². The minimum absolute atomic E-state index is 0.0562. The number of carbonyl (C=O) groups is 1. The molecule has 0 fully saturated rings. The third kappa shape index (κ3) is 3.69. The number of esters is 1. The third-order valence-corrected chi connectivity index (χ3v) is 3.05. The molecule has 0 aliphatic rings. The van der Waals surface area contributed by atoms with Crippen molar-refractivity contribution in [1.82, 2.24) is 9.59 Å². The number of nitrogens with one attached hydrogen (secondary N) is 1. The summed E-state index contributed by atoms with van der Waals surface area (Å²) < 4.78 is 46.3. The van der Waals surface area contributed by atoms with Gasteiger partial charge < -0.3 is 10.1 Å². The van der Waals surface area contributed by atoms with E-state index in [1.165, 1.54) is 12.1 Å². The molecule has 0 bridgehead atoms. The fraction of sp³-hybridized carbons (Fsp3) is 0.250. The van der Waals surface area contributed by atoms with E-state index in [0.29, 0.717) is 0 Å². The fourth-order valence-corrected chi connectivity index (χ4v) is 2.09. The van der Waals surface area contributed by atoms with E-state index in [1.807, 2.05) is 0 Å². The number of anilines is 2. The van der Waals surface area contributed by atoms with Gasteiger partial charge >= 0.3 is 12.1 Å². The molecule has 0 amide bonds. The number of hydrogen-bond donors (Lipinski definition) is 1. The van der Waals surface area contributed by atoms with Crippen LogP contribution in [0.1, 0.15) is 23.0 Å². The van der Waals surface area contributed by atoms with Gasteiger partial charge in [0.1, 0.15) is 5.00 Å². The van der Waals surface area contributed by atoms with Crippen molar-refractivity contribution in [2.45, 2.75) is 13.1 Å². The zero-order valence-electron chi connectivity index (χ0n) is 10.8. The lowest BCUT2D eigenvalue weighted by Gasteiger charge is -2.09. The van der Waals surface area contributed by atoms with Crippen LogP contribution in [-0.4, -0.2) is 22.2 Å². The first-order chi connectivity index (χ1) is 9.91. The summed E-state index contributed by atoms with van der Waals surface area (Å²) in [5.74, 6) is -0.680. The average molecular weight is 317 g/mol. The van der Waals surface area contributed by atoms with Crippen LogP contribution in [0.4, 0.5) is 23.9 Å². The van der Waals surface area contributed by atoms with Crippen LogP contribution in [-0.2, 0) is 10.9 Å². The second kappa shape index (κ2) is 6.08. The number of nitrogens with zero attached hydrogens (tertiary/aromatic N) is 2. The quantitative estimate of drug-likeness (QED) is 0.875. The molecule has 0 aliphatic carbocycles. The molecular weight excluding hydrogens is 307 g/mol. The molecular formula is C12H10F3N3O2S. The predicted octanol–water partition coefficient (Wildman–Crippen LogP) is 3.48. The van der Waals surface area contributed by atoms with Crippen LogP contribution in [0.5, 0.6) is 0 Å². The Bertz CT molecular complexity index is 643. The monoisotopic (exact) mass is 317 g/mol. The molecule has 0 unspecified atom stereocenters. The Labute approximate surface area is 121 Å². The molecule has 0 saturated heterocycles. The lowest BCUT2D eigenvalue weighted by molar-refractivity contribution is -0.137. The number of ether oxygens (including phenoxy) is 1. The van der Waals surface area contributed by atoms with Gasteiger partial charge in [0.15, 0.2) is 0 Å². The Morgan fingerprint density at radius 2 is 2.19 bits per heavy atom. The maximum atomic E-state index is 12.6. The molecule has 0 radical (unpaired) electrons.